The van der Waals surface area contributed by atoms with Crippen LogP contribution in [0.2, 0.25) is 0 Å². The van der Waals surface area contributed by atoms with Gasteiger partial charge in [-0.25, -0.2) is 0 Å². The maximum absolute atomic E-state index is 6.01. The molecule has 0 fully saturated rings. The molecule has 90 valence electrons. The van der Waals surface area contributed by atoms with Crippen molar-refractivity contribution in [3.05, 3.63) is 29.6 Å². The zero-order valence-corrected chi connectivity index (χ0v) is 10.6. The molecule has 0 spiro atoms. The summed E-state index contributed by atoms with van der Waals surface area (Å²) in [6, 6.07) is 4.02. The molecule has 1 rings (SSSR count). The van der Waals surface area contributed by atoms with Crippen molar-refractivity contribution >= 4 is 11.6 Å². The molecular weight excluding hydrogens is 224 g/mol. The summed E-state index contributed by atoms with van der Waals surface area (Å²) in [6.07, 6.45) is 2.72. The van der Waals surface area contributed by atoms with Crippen molar-refractivity contribution in [2.24, 2.45) is 0 Å². The van der Waals surface area contributed by atoms with Gasteiger partial charge in [-0.3, -0.25) is 4.98 Å². The second-order valence-corrected chi connectivity index (χ2v) is 4.40. The fourth-order valence-corrected chi connectivity index (χ4v) is 1.67. The van der Waals surface area contributed by atoms with Gasteiger partial charge in [-0.05, 0) is 31.5 Å². The molecule has 0 aliphatic carbocycles. The second kappa shape index (κ2) is 7.60. The van der Waals surface area contributed by atoms with Crippen molar-refractivity contribution in [2.45, 2.75) is 25.3 Å². The smallest absolute Gasteiger partial charge is 0.0626 e. The van der Waals surface area contributed by atoms with Gasteiger partial charge in [0, 0.05) is 19.9 Å². The van der Waals surface area contributed by atoms with Crippen LogP contribution in [0, 0.1) is 6.92 Å². The predicted octanol–water partition coefficient (Wildman–Crippen LogP) is 2.12. The van der Waals surface area contributed by atoms with E-state index in [0.29, 0.717) is 6.61 Å². The second-order valence-electron chi connectivity index (χ2n) is 3.79. The SMILES string of the molecule is COCC(Cl)CCNCc1ncccc1C. The van der Waals surface area contributed by atoms with E-state index in [4.69, 9.17) is 16.3 Å². The Labute approximate surface area is 102 Å². The molecule has 3 nitrogen and oxygen atoms in total. The topological polar surface area (TPSA) is 34.1 Å². The van der Waals surface area contributed by atoms with Crippen molar-refractivity contribution in [1.82, 2.24) is 10.3 Å². The van der Waals surface area contributed by atoms with Crippen LogP contribution in [0.3, 0.4) is 0 Å². The van der Waals surface area contributed by atoms with Crippen LogP contribution in [0.1, 0.15) is 17.7 Å². The van der Waals surface area contributed by atoms with Crippen molar-refractivity contribution in [3.8, 4) is 0 Å². The van der Waals surface area contributed by atoms with E-state index in [0.717, 1.165) is 25.2 Å². The first kappa shape index (κ1) is 13.4. The van der Waals surface area contributed by atoms with E-state index in [-0.39, 0.29) is 5.38 Å². The van der Waals surface area contributed by atoms with Crippen LogP contribution in [0.5, 0.6) is 0 Å². The number of hydrogen-bond acceptors (Lipinski definition) is 3. The number of nitrogens with zero attached hydrogens (tertiary/aromatic N) is 1. The van der Waals surface area contributed by atoms with E-state index in [1.807, 2.05) is 12.3 Å². The lowest BCUT2D eigenvalue weighted by Gasteiger charge is -2.09. The molecule has 0 saturated carbocycles. The van der Waals surface area contributed by atoms with Gasteiger partial charge in [0.2, 0.25) is 0 Å². The average Bonchev–Trinajstić information content (AvgIpc) is 2.27. The highest BCUT2D eigenvalue weighted by Crippen LogP contribution is 2.03. The van der Waals surface area contributed by atoms with Crippen LogP contribution in [-0.2, 0) is 11.3 Å². The van der Waals surface area contributed by atoms with Crippen molar-refractivity contribution in [2.75, 3.05) is 20.3 Å². The van der Waals surface area contributed by atoms with E-state index >= 15 is 0 Å². The maximum Gasteiger partial charge on any atom is 0.0626 e. The summed E-state index contributed by atoms with van der Waals surface area (Å²) in [7, 11) is 1.67. The Bertz CT molecular complexity index is 307. The Morgan fingerprint density at radius 2 is 2.38 bits per heavy atom. The predicted molar refractivity (Wildman–Crippen MR) is 66.8 cm³/mol. The molecular formula is C12H19ClN2O. The monoisotopic (exact) mass is 242 g/mol. The van der Waals surface area contributed by atoms with E-state index in [9.17, 15) is 0 Å². The zero-order valence-electron chi connectivity index (χ0n) is 9.87. The van der Waals surface area contributed by atoms with E-state index in [2.05, 4.69) is 23.3 Å². The highest BCUT2D eigenvalue weighted by atomic mass is 35.5. The quantitative estimate of drug-likeness (QED) is 0.588. The Morgan fingerprint density at radius 1 is 1.56 bits per heavy atom. The van der Waals surface area contributed by atoms with Crippen LogP contribution in [0.25, 0.3) is 0 Å². The highest BCUT2D eigenvalue weighted by molar-refractivity contribution is 6.20. The van der Waals surface area contributed by atoms with Gasteiger partial charge in [-0.2, -0.15) is 0 Å². The fraction of sp³-hybridized carbons (Fsp3) is 0.583. The van der Waals surface area contributed by atoms with Gasteiger partial charge in [0.15, 0.2) is 0 Å². The standard InChI is InChI=1S/C12H19ClN2O/c1-10-4-3-6-15-12(10)8-14-7-5-11(13)9-16-2/h3-4,6,11,14H,5,7-9H2,1-2H3. The Morgan fingerprint density at radius 3 is 3.06 bits per heavy atom. The van der Waals surface area contributed by atoms with Gasteiger partial charge in [-0.1, -0.05) is 6.07 Å². The van der Waals surface area contributed by atoms with Crippen LogP contribution < -0.4 is 5.32 Å². The Balaban J connectivity index is 2.19. The molecule has 0 amide bonds. The summed E-state index contributed by atoms with van der Waals surface area (Å²) in [5.74, 6) is 0. The van der Waals surface area contributed by atoms with Gasteiger partial charge in [0.1, 0.15) is 0 Å². The molecule has 1 atom stereocenters. The number of nitrogens with one attached hydrogen (secondary N) is 1. The van der Waals surface area contributed by atoms with Gasteiger partial charge in [-0.15, -0.1) is 11.6 Å². The maximum atomic E-state index is 6.01. The van der Waals surface area contributed by atoms with E-state index in [1.165, 1.54) is 5.56 Å². The minimum atomic E-state index is 0.0855. The van der Waals surface area contributed by atoms with Gasteiger partial charge in [0.05, 0.1) is 17.7 Å². The summed E-state index contributed by atoms with van der Waals surface area (Å²) >= 11 is 6.01. The number of hydrogen-bond donors (Lipinski definition) is 1. The number of pyridine rings is 1. The zero-order chi connectivity index (χ0) is 11.8. The summed E-state index contributed by atoms with van der Waals surface area (Å²) < 4.78 is 4.97. The summed E-state index contributed by atoms with van der Waals surface area (Å²) in [5, 5.41) is 3.41. The van der Waals surface area contributed by atoms with Gasteiger partial charge in [0.25, 0.3) is 0 Å². The molecule has 1 unspecified atom stereocenters. The third kappa shape index (κ3) is 4.92. The fourth-order valence-electron chi connectivity index (χ4n) is 1.43. The molecule has 1 aromatic rings. The molecule has 0 aliphatic heterocycles. The molecule has 0 aliphatic rings. The molecule has 16 heavy (non-hydrogen) atoms. The van der Waals surface area contributed by atoms with E-state index in [1.54, 1.807) is 7.11 Å². The van der Waals surface area contributed by atoms with Gasteiger partial charge < -0.3 is 10.1 Å². The number of aryl methyl sites for hydroxylation is 1. The normalized spacial score (nSPS) is 12.7. The van der Waals surface area contributed by atoms with Crippen molar-refractivity contribution in [3.63, 3.8) is 0 Å². The third-order valence-corrected chi connectivity index (χ3v) is 2.74. The number of rotatable bonds is 7. The number of aromatic nitrogens is 1. The van der Waals surface area contributed by atoms with Crippen molar-refractivity contribution in [1.29, 1.82) is 0 Å². The van der Waals surface area contributed by atoms with Gasteiger partial charge >= 0.3 is 0 Å². The lowest BCUT2D eigenvalue weighted by molar-refractivity contribution is 0.195. The first-order valence-electron chi connectivity index (χ1n) is 5.48. The van der Waals surface area contributed by atoms with Crippen LogP contribution in [0.15, 0.2) is 18.3 Å². The summed E-state index contributed by atoms with van der Waals surface area (Å²) in [4.78, 5) is 4.31. The molecule has 1 heterocycles. The average molecular weight is 243 g/mol. The first-order chi connectivity index (χ1) is 7.74. The Hall–Kier alpha value is -0.640. The minimum absolute atomic E-state index is 0.0855. The molecule has 1 aromatic heterocycles. The molecule has 0 bridgehead atoms. The lowest BCUT2D eigenvalue weighted by atomic mass is 10.2. The number of alkyl halides is 1. The summed E-state index contributed by atoms with van der Waals surface area (Å²) in [6.45, 7) is 4.35. The number of halogens is 1. The number of methoxy groups -OCH3 is 1. The highest BCUT2D eigenvalue weighted by Gasteiger charge is 2.03. The molecule has 0 radical (unpaired) electrons. The Kier molecular flexibility index (Phi) is 6.38. The molecule has 4 heteroatoms. The largest absolute Gasteiger partial charge is 0.383 e. The van der Waals surface area contributed by atoms with E-state index < -0.39 is 0 Å². The summed E-state index contributed by atoms with van der Waals surface area (Å²) in [5.41, 5.74) is 2.31. The van der Waals surface area contributed by atoms with Crippen LogP contribution in [-0.4, -0.2) is 30.6 Å². The molecule has 1 N–H and O–H groups in total. The molecule has 0 saturated heterocycles. The minimum Gasteiger partial charge on any atom is -0.383 e. The lowest BCUT2D eigenvalue weighted by Crippen LogP contribution is -2.21. The number of ether oxygens (including phenoxy) is 1. The van der Waals surface area contributed by atoms with Crippen molar-refractivity contribution < 1.29 is 4.74 Å². The first-order valence-corrected chi connectivity index (χ1v) is 5.92. The van der Waals surface area contributed by atoms with Crippen LogP contribution in [0.4, 0.5) is 0 Å². The molecule has 0 aromatic carbocycles. The third-order valence-electron chi connectivity index (χ3n) is 2.39. The van der Waals surface area contributed by atoms with Crippen LogP contribution >= 0.6 is 11.6 Å².